The maximum absolute atomic E-state index is 11.5. The van der Waals surface area contributed by atoms with Gasteiger partial charge >= 0.3 is 5.97 Å². The Morgan fingerprint density at radius 1 is 1.60 bits per heavy atom. The molecule has 0 radical (unpaired) electrons. The molecule has 0 aromatic carbocycles. The summed E-state index contributed by atoms with van der Waals surface area (Å²) in [6.45, 7) is 3.27. The van der Waals surface area contributed by atoms with Crippen molar-refractivity contribution >= 4 is 15.8 Å². The molecule has 0 N–H and O–H groups in total. The standard InChI is InChI=1S/C9H13NO4S/c1-3-14-8(11)9(6-10)5-7(9)15(12,13)4-2/h7H,3-5H2,1-2H3/t7-,9-/m1/s1. The molecule has 1 aliphatic carbocycles. The quantitative estimate of drug-likeness (QED) is 0.648. The van der Waals surface area contributed by atoms with Crippen molar-refractivity contribution in [2.75, 3.05) is 12.4 Å². The van der Waals surface area contributed by atoms with Crippen molar-refractivity contribution in [3.8, 4) is 6.07 Å². The summed E-state index contributed by atoms with van der Waals surface area (Å²) in [6, 6.07) is 1.77. The highest BCUT2D eigenvalue weighted by molar-refractivity contribution is 7.92. The maximum Gasteiger partial charge on any atom is 0.327 e. The van der Waals surface area contributed by atoms with Crippen molar-refractivity contribution in [2.24, 2.45) is 5.41 Å². The second-order valence-corrected chi connectivity index (χ2v) is 5.92. The van der Waals surface area contributed by atoms with Crippen molar-refractivity contribution in [3.05, 3.63) is 0 Å². The molecule has 1 saturated carbocycles. The van der Waals surface area contributed by atoms with Crippen molar-refractivity contribution in [2.45, 2.75) is 25.5 Å². The number of sulfone groups is 1. The number of hydrogen-bond donors (Lipinski definition) is 0. The van der Waals surface area contributed by atoms with Crippen LogP contribution in [0.1, 0.15) is 20.3 Å². The number of carbonyl (C=O) groups is 1. The third kappa shape index (κ3) is 1.84. The minimum absolute atomic E-state index is 0.0551. The lowest BCUT2D eigenvalue weighted by Crippen LogP contribution is -2.25. The largest absolute Gasteiger partial charge is 0.465 e. The molecule has 1 rings (SSSR count). The lowest BCUT2D eigenvalue weighted by molar-refractivity contribution is -0.147. The van der Waals surface area contributed by atoms with E-state index >= 15 is 0 Å². The van der Waals surface area contributed by atoms with Crippen LogP contribution >= 0.6 is 0 Å². The Hall–Kier alpha value is -1.09. The topological polar surface area (TPSA) is 84.2 Å². The van der Waals surface area contributed by atoms with Crippen molar-refractivity contribution < 1.29 is 17.9 Å². The van der Waals surface area contributed by atoms with Crippen LogP contribution in [-0.2, 0) is 19.4 Å². The fraction of sp³-hybridized carbons (Fsp3) is 0.778. The zero-order valence-electron chi connectivity index (χ0n) is 8.69. The molecule has 0 saturated heterocycles. The average Bonchev–Trinajstić information content (AvgIpc) is 2.95. The Morgan fingerprint density at radius 2 is 2.20 bits per heavy atom. The lowest BCUT2D eigenvalue weighted by atomic mass is 10.1. The molecule has 84 valence electrons. The number of nitrogens with zero attached hydrogens (tertiary/aromatic N) is 1. The molecule has 0 aromatic heterocycles. The van der Waals surface area contributed by atoms with Gasteiger partial charge in [-0.1, -0.05) is 6.92 Å². The van der Waals surface area contributed by atoms with Gasteiger partial charge in [-0.05, 0) is 13.3 Å². The number of esters is 1. The second-order valence-electron chi connectivity index (χ2n) is 3.45. The van der Waals surface area contributed by atoms with E-state index in [9.17, 15) is 13.2 Å². The third-order valence-corrected chi connectivity index (χ3v) is 4.81. The monoisotopic (exact) mass is 231 g/mol. The molecular weight excluding hydrogens is 218 g/mol. The Bertz CT molecular complexity index is 408. The highest BCUT2D eigenvalue weighted by Gasteiger charge is 2.67. The van der Waals surface area contributed by atoms with E-state index in [0.717, 1.165) is 0 Å². The van der Waals surface area contributed by atoms with Gasteiger partial charge in [0.1, 0.15) is 0 Å². The molecule has 0 unspecified atom stereocenters. The van der Waals surface area contributed by atoms with Gasteiger partial charge in [-0.2, -0.15) is 5.26 Å². The fourth-order valence-corrected chi connectivity index (χ4v) is 3.19. The van der Waals surface area contributed by atoms with Gasteiger partial charge < -0.3 is 4.74 Å². The van der Waals surface area contributed by atoms with E-state index in [1.54, 1.807) is 13.0 Å². The zero-order chi connectivity index (χ0) is 11.7. The van der Waals surface area contributed by atoms with E-state index in [4.69, 9.17) is 10.00 Å². The normalized spacial score (nSPS) is 29.3. The number of hydrogen-bond acceptors (Lipinski definition) is 5. The Morgan fingerprint density at radius 3 is 2.60 bits per heavy atom. The fourth-order valence-electron chi connectivity index (χ4n) is 1.51. The SMILES string of the molecule is CCOC(=O)[C@@]1(C#N)C[C@H]1S(=O)(=O)CC. The number of carbonyl (C=O) groups excluding carboxylic acids is 1. The Balaban J connectivity index is 2.89. The van der Waals surface area contributed by atoms with Crippen molar-refractivity contribution in [1.29, 1.82) is 5.26 Å². The van der Waals surface area contributed by atoms with Crippen LogP contribution < -0.4 is 0 Å². The van der Waals surface area contributed by atoms with Gasteiger partial charge in [-0.15, -0.1) is 0 Å². The van der Waals surface area contributed by atoms with Crippen molar-refractivity contribution in [1.82, 2.24) is 0 Å². The first-order valence-electron chi connectivity index (χ1n) is 4.74. The summed E-state index contributed by atoms with van der Waals surface area (Å²) in [5.41, 5.74) is -1.44. The highest BCUT2D eigenvalue weighted by atomic mass is 32.2. The summed E-state index contributed by atoms with van der Waals surface area (Å²) in [7, 11) is -3.33. The highest BCUT2D eigenvalue weighted by Crippen LogP contribution is 2.51. The van der Waals surface area contributed by atoms with Gasteiger partial charge in [0.2, 0.25) is 0 Å². The van der Waals surface area contributed by atoms with E-state index in [0.29, 0.717) is 0 Å². The van der Waals surface area contributed by atoms with E-state index in [1.807, 2.05) is 0 Å². The summed E-state index contributed by atoms with van der Waals surface area (Å²) in [5.74, 6) is -0.768. The predicted molar refractivity (Wildman–Crippen MR) is 52.5 cm³/mol. The summed E-state index contributed by atoms with van der Waals surface area (Å²) in [4.78, 5) is 11.4. The smallest absolute Gasteiger partial charge is 0.327 e. The molecule has 0 heterocycles. The summed E-state index contributed by atoms with van der Waals surface area (Å²) in [5, 5.41) is 7.99. The number of rotatable bonds is 4. The molecule has 0 aliphatic heterocycles. The van der Waals surface area contributed by atoms with Crippen LogP contribution in [0.15, 0.2) is 0 Å². The number of ether oxygens (including phenoxy) is 1. The molecule has 0 spiro atoms. The van der Waals surface area contributed by atoms with E-state index in [-0.39, 0.29) is 18.8 Å². The Kier molecular flexibility index (Phi) is 3.05. The van der Waals surface area contributed by atoms with Gasteiger partial charge in [-0.25, -0.2) is 8.42 Å². The van der Waals surface area contributed by atoms with Gasteiger partial charge in [-0.3, -0.25) is 4.79 Å². The first-order valence-corrected chi connectivity index (χ1v) is 6.46. The van der Waals surface area contributed by atoms with Crippen LogP contribution in [0.3, 0.4) is 0 Å². The average molecular weight is 231 g/mol. The lowest BCUT2D eigenvalue weighted by Gasteiger charge is -2.07. The van der Waals surface area contributed by atoms with Crippen molar-refractivity contribution in [3.63, 3.8) is 0 Å². The van der Waals surface area contributed by atoms with E-state index in [2.05, 4.69) is 0 Å². The molecule has 2 atom stereocenters. The molecule has 0 amide bonds. The molecule has 15 heavy (non-hydrogen) atoms. The number of nitriles is 1. The minimum Gasteiger partial charge on any atom is -0.465 e. The molecule has 0 aromatic rings. The summed E-state index contributed by atoms with van der Waals surface area (Å²) < 4.78 is 27.7. The first kappa shape index (κ1) is 12.0. The first-order chi connectivity index (χ1) is 6.94. The van der Waals surface area contributed by atoms with E-state index in [1.165, 1.54) is 6.92 Å². The maximum atomic E-state index is 11.5. The van der Waals surface area contributed by atoms with Crippen LogP contribution in [0.2, 0.25) is 0 Å². The molecule has 0 bridgehead atoms. The molecule has 5 nitrogen and oxygen atoms in total. The van der Waals surface area contributed by atoms with Crippen LogP contribution in [0.4, 0.5) is 0 Å². The third-order valence-electron chi connectivity index (χ3n) is 2.57. The van der Waals surface area contributed by atoms with Crippen LogP contribution in [0.5, 0.6) is 0 Å². The van der Waals surface area contributed by atoms with Crippen LogP contribution in [-0.4, -0.2) is 32.0 Å². The zero-order valence-corrected chi connectivity index (χ0v) is 9.50. The van der Waals surface area contributed by atoms with E-state index < -0.39 is 26.5 Å². The van der Waals surface area contributed by atoms with Gasteiger partial charge in [0.15, 0.2) is 15.3 Å². The molecule has 6 heteroatoms. The van der Waals surface area contributed by atoms with Gasteiger partial charge in [0, 0.05) is 5.75 Å². The van der Waals surface area contributed by atoms with Crippen LogP contribution in [0.25, 0.3) is 0 Å². The second kappa shape index (κ2) is 3.81. The van der Waals surface area contributed by atoms with Gasteiger partial charge in [0.25, 0.3) is 0 Å². The molecule has 1 fully saturated rings. The molecular formula is C9H13NO4S. The summed E-state index contributed by atoms with van der Waals surface area (Å²) in [6.07, 6.45) is 0.0680. The van der Waals surface area contributed by atoms with Crippen LogP contribution in [0, 0.1) is 16.7 Å². The summed E-state index contributed by atoms with van der Waals surface area (Å²) >= 11 is 0. The Labute approximate surface area is 88.9 Å². The minimum atomic E-state index is -3.33. The molecule has 1 aliphatic rings. The van der Waals surface area contributed by atoms with Gasteiger partial charge in [0.05, 0.1) is 17.9 Å². The predicted octanol–water partition coefficient (Wildman–Crippen LogP) is 0.266.